The molecular weight excluding hydrogens is 308 g/mol. The molecule has 0 fully saturated rings. The summed E-state index contributed by atoms with van der Waals surface area (Å²) in [7, 11) is 3.58. The highest BCUT2D eigenvalue weighted by atomic mass is 79.9. The number of amides is 1. The van der Waals surface area contributed by atoms with Crippen molar-refractivity contribution in [2.45, 2.75) is 26.7 Å². The van der Waals surface area contributed by atoms with Gasteiger partial charge in [-0.2, -0.15) is 0 Å². The maximum Gasteiger partial charge on any atom is 0.224 e. The summed E-state index contributed by atoms with van der Waals surface area (Å²) in [5.74, 6) is 1.82. The molecule has 5 nitrogen and oxygen atoms in total. The molecule has 0 spiro atoms. The average molecular weight is 329 g/mol. The van der Waals surface area contributed by atoms with Crippen molar-refractivity contribution in [3.05, 3.63) is 16.5 Å². The standard InChI is InChI=1S/C13H21BrN4O/c1-8(2)12-16-10(14)6-11(17-12)18(5)7-9(3)13(19)15-4/h6,8-9H,7H2,1-5H3,(H,15,19). The summed E-state index contributed by atoms with van der Waals surface area (Å²) in [6, 6.07) is 1.86. The lowest BCUT2D eigenvalue weighted by Crippen LogP contribution is -2.34. The number of anilines is 1. The molecule has 1 heterocycles. The first-order valence-corrected chi connectivity index (χ1v) is 7.11. The van der Waals surface area contributed by atoms with E-state index in [4.69, 9.17) is 0 Å². The van der Waals surface area contributed by atoms with Gasteiger partial charge in [-0.1, -0.05) is 20.8 Å². The van der Waals surface area contributed by atoms with Crippen molar-refractivity contribution < 1.29 is 4.79 Å². The van der Waals surface area contributed by atoms with Crippen molar-refractivity contribution >= 4 is 27.7 Å². The highest BCUT2D eigenvalue weighted by Gasteiger charge is 2.16. The van der Waals surface area contributed by atoms with Crippen LogP contribution in [0.25, 0.3) is 0 Å². The van der Waals surface area contributed by atoms with Crippen molar-refractivity contribution in [2.75, 3.05) is 25.5 Å². The van der Waals surface area contributed by atoms with Crippen LogP contribution in [0.2, 0.25) is 0 Å². The summed E-state index contributed by atoms with van der Waals surface area (Å²) in [6.07, 6.45) is 0. The molecule has 1 aromatic rings. The molecule has 0 bridgehead atoms. The Kier molecular flexibility index (Phi) is 5.72. The molecule has 1 aromatic heterocycles. The lowest BCUT2D eigenvalue weighted by atomic mass is 10.1. The third kappa shape index (κ3) is 4.45. The van der Waals surface area contributed by atoms with Crippen LogP contribution in [-0.2, 0) is 4.79 Å². The number of rotatable bonds is 5. The predicted octanol–water partition coefficient (Wildman–Crippen LogP) is 2.18. The van der Waals surface area contributed by atoms with E-state index in [-0.39, 0.29) is 17.7 Å². The Morgan fingerprint density at radius 1 is 1.42 bits per heavy atom. The van der Waals surface area contributed by atoms with Crippen LogP contribution in [0.3, 0.4) is 0 Å². The van der Waals surface area contributed by atoms with Crippen LogP contribution < -0.4 is 10.2 Å². The van der Waals surface area contributed by atoms with Gasteiger partial charge in [0.25, 0.3) is 0 Å². The molecule has 1 atom stereocenters. The topological polar surface area (TPSA) is 58.1 Å². The molecule has 1 rings (SSSR count). The lowest BCUT2D eigenvalue weighted by Gasteiger charge is -2.22. The van der Waals surface area contributed by atoms with Gasteiger partial charge in [-0.3, -0.25) is 4.79 Å². The number of aromatic nitrogens is 2. The van der Waals surface area contributed by atoms with Crippen LogP contribution in [-0.4, -0.2) is 36.5 Å². The summed E-state index contributed by atoms with van der Waals surface area (Å²) in [4.78, 5) is 22.4. The van der Waals surface area contributed by atoms with Gasteiger partial charge in [0.2, 0.25) is 5.91 Å². The molecule has 6 heteroatoms. The van der Waals surface area contributed by atoms with E-state index in [0.29, 0.717) is 6.54 Å². The quantitative estimate of drug-likeness (QED) is 0.842. The molecule has 0 aliphatic carbocycles. The van der Waals surface area contributed by atoms with Crippen LogP contribution in [0.4, 0.5) is 5.82 Å². The van der Waals surface area contributed by atoms with Crippen molar-refractivity contribution in [1.29, 1.82) is 0 Å². The Morgan fingerprint density at radius 3 is 2.58 bits per heavy atom. The second-order valence-corrected chi connectivity index (χ2v) is 5.77. The average Bonchev–Trinajstić information content (AvgIpc) is 2.36. The second-order valence-electron chi connectivity index (χ2n) is 4.96. The Bertz CT molecular complexity index is 450. The van der Waals surface area contributed by atoms with E-state index in [0.717, 1.165) is 16.2 Å². The monoisotopic (exact) mass is 328 g/mol. The minimum absolute atomic E-state index is 0.0315. The highest BCUT2D eigenvalue weighted by Crippen LogP contribution is 2.20. The summed E-state index contributed by atoms with van der Waals surface area (Å²) in [6.45, 7) is 6.62. The SMILES string of the molecule is CNC(=O)C(C)CN(C)c1cc(Br)nc(C(C)C)n1. The van der Waals surface area contributed by atoms with E-state index in [9.17, 15) is 4.79 Å². The third-order valence-electron chi connectivity index (χ3n) is 2.85. The van der Waals surface area contributed by atoms with Gasteiger partial charge in [0, 0.05) is 32.6 Å². The number of carbonyl (C=O) groups is 1. The zero-order chi connectivity index (χ0) is 14.6. The molecule has 19 heavy (non-hydrogen) atoms. The molecular formula is C13H21BrN4O. The lowest BCUT2D eigenvalue weighted by molar-refractivity contribution is -0.123. The fraction of sp³-hybridized carbons (Fsp3) is 0.615. The van der Waals surface area contributed by atoms with Crippen molar-refractivity contribution in [2.24, 2.45) is 5.92 Å². The summed E-state index contributed by atoms with van der Waals surface area (Å²) in [5, 5.41) is 2.65. The van der Waals surface area contributed by atoms with Crippen molar-refractivity contribution in [3.63, 3.8) is 0 Å². The van der Waals surface area contributed by atoms with Crippen molar-refractivity contribution in [1.82, 2.24) is 15.3 Å². The molecule has 0 saturated heterocycles. The van der Waals surface area contributed by atoms with E-state index in [2.05, 4.69) is 45.1 Å². The fourth-order valence-corrected chi connectivity index (χ4v) is 2.10. The first-order chi connectivity index (χ1) is 8.85. The zero-order valence-corrected chi connectivity index (χ0v) is 13.7. The highest BCUT2D eigenvalue weighted by molar-refractivity contribution is 9.10. The molecule has 0 aromatic carbocycles. The van der Waals surface area contributed by atoms with Gasteiger partial charge in [-0.15, -0.1) is 0 Å². The number of hydrogen-bond donors (Lipinski definition) is 1. The Hall–Kier alpha value is -1.17. The Balaban J connectivity index is 2.87. The third-order valence-corrected chi connectivity index (χ3v) is 3.25. The van der Waals surface area contributed by atoms with Crippen LogP contribution in [0, 0.1) is 5.92 Å². The minimum Gasteiger partial charge on any atom is -0.359 e. The summed E-state index contributed by atoms with van der Waals surface area (Å²) >= 11 is 3.40. The van der Waals surface area contributed by atoms with E-state index >= 15 is 0 Å². The van der Waals surface area contributed by atoms with Gasteiger partial charge in [-0.25, -0.2) is 9.97 Å². The first kappa shape index (κ1) is 15.9. The van der Waals surface area contributed by atoms with E-state index in [1.807, 2.05) is 24.9 Å². The van der Waals surface area contributed by atoms with Crippen LogP contribution in [0.5, 0.6) is 0 Å². The molecule has 1 N–H and O–H groups in total. The van der Waals surface area contributed by atoms with E-state index < -0.39 is 0 Å². The molecule has 0 saturated carbocycles. The first-order valence-electron chi connectivity index (χ1n) is 6.32. The van der Waals surface area contributed by atoms with E-state index in [1.54, 1.807) is 7.05 Å². The van der Waals surface area contributed by atoms with Crippen LogP contribution in [0.1, 0.15) is 32.5 Å². The largest absolute Gasteiger partial charge is 0.359 e. The second kappa shape index (κ2) is 6.84. The minimum atomic E-state index is -0.0914. The number of halogens is 1. The predicted molar refractivity (Wildman–Crippen MR) is 80.3 cm³/mol. The van der Waals surface area contributed by atoms with Gasteiger partial charge >= 0.3 is 0 Å². The smallest absolute Gasteiger partial charge is 0.224 e. The van der Waals surface area contributed by atoms with Gasteiger partial charge in [-0.05, 0) is 15.9 Å². The molecule has 0 aliphatic heterocycles. The van der Waals surface area contributed by atoms with Crippen LogP contribution in [0.15, 0.2) is 10.7 Å². The van der Waals surface area contributed by atoms with Gasteiger partial charge in [0.05, 0.1) is 5.92 Å². The number of hydrogen-bond acceptors (Lipinski definition) is 4. The Labute approximate surface area is 122 Å². The fourth-order valence-electron chi connectivity index (χ4n) is 1.71. The molecule has 0 aliphatic rings. The van der Waals surface area contributed by atoms with Gasteiger partial charge < -0.3 is 10.2 Å². The number of nitrogens with zero attached hydrogens (tertiary/aromatic N) is 3. The van der Waals surface area contributed by atoms with Crippen LogP contribution >= 0.6 is 15.9 Å². The molecule has 1 unspecified atom stereocenters. The normalized spacial score (nSPS) is 12.4. The molecule has 1 amide bonds. The van der Waals surface area contributed by atoms with Gasteiger partial charge in [0.15, 0.2) is 0 Å². The maximum atomic E-state index is 11.5. The summed E-state index contributed by atoms with van der Waals surface area (Å²) in [5.41, 5.74) is 0. The van der Waals surface area contributed by atoms with E-state index in [1.165, 1.54) is 0 Å². The zero-order valence-electron chi connectivity index (χ0n) is 12.1. The van der Waals surface area contributed by atoms with Crippen molar-refractivity contribution in [3.8, 4) is 0 Å². The van der Waals surface area contributed by atoms with Gasteiger partial charge in [0.1, 0.15) is 16.2 Å². The number of carbonyl (C=O) groups excluding carboxylic acids is 1. The maximum absolute atomic E-state index is 11.5. The summed E-state index contributed by atoms with van der Waals surface area (Å²) < 4.78 is 0.764. The number of nitrogens with one attached hydrogen (secondary N) is 1. The Morgan fingerprint density at radius 2 is 2.05 bits per heavy atom. The molecule has 106 valence electrons. The molecule has 0 radical (unpaired) electrons.